The second kappa shape index (κ2) is 6.48. The second-order valence-corrected chi connectivity index (χ2v) is 5.08. The van der Waals surface area contributed by atoms with Crippen molar-refractivity contribution in [3.05, 3.63) is 35.4 Å². The number of ketones is 2. The van der Waals surface area contributed by atoms with Crippen molar-refractivity contribution in [1.29, 1.82) is 0 Å². The molecule has 2 aliphatic rings. The fourth-order valence-corrected chi connectivity index (χ4v) is 2.38. The molecule has 0 atom stereocenters. The molecule has 2 heteroatoms. The van der Waals surface area contributed by atoms with Gasteiger partial charge in [0, 0.05) is 12.8 Å². The lowest BCUT2D eigenvalue weighted by Crippen LogP contribution is -2.13. The minimum Gasteiger partial charge on any atom is -0.291 e. The number of fused-ring (bicyclic) bond motifs is 11. The molecule has 0 radical (unpaired) electrons. The minimum atomic E-state index is -0.166. The summed E-state index contributed by atoms with van der Waals surface area (Å²) in [7, 11) is 0. The van der Waals surface area contributed by atoms with E-state index in [9.17, 15) is 9.59 Å². The molecule has 0 N–H and O–H groups in total. The molecule has 0 saturated carbocycles. The summed E-state index contributed by atoms with van der Waals surface area (Å²) < 4.78 is 0. The maximum atomic E-state index is 11.6. The Morgan fingerprint density at radius 3 is 1.28 bits per heavy atom. The van der Waals surface area contributed by atoms with Gasteiger partial charge in [-0.1, -0.05) is 24.3 Å². The van der Waals surface area contributed by atoms with E-state index < -0.39 is 0 Å². The van der Waals surface area contributed by atoms with Crippen LogP contribution in [0.3, 0.4) is 0 Å². The Balaban J connectivity index is 2.01. The van der Waals surface area contributed by atoms with Gasteiger partial charge in [-0.15, -0.1) is 0 Å². The van der Waals surface area contributed by atoms with Crippen LogP contribution in [0, 0.1) is 0 Å². The Morgan fingerprint density at radius 1 is 0.556 bits per heavy atom. The first-order valence-corrected chi connectivity index (χ1v) is 6.89. The zero-order valence-electron chi connectivity index (χ0n) is 10.8. The summed E-state index contributed by atoms with van der Waals surface area (Å²) in [4.78, 5) is 23.1. The molecule has 96 valence electrons. The molecule has 0 fully saturated rings. The summed E-state index contributed by atoms with van der Waals surface area (Å²) in [6.45, 7) is 0. The zero-order valence-corrected chi connectivity index (χ0v) is 10.8. The SMILES string of the molecule is O=C1CCCCc2ccc(cc2)CCCCC1=O. The smallest absolute Gasteiger partial charge is 0.198 e. The lowest BCUT2D eigenvalue weighted by atomic mass is 9.98. The highest BCUT2D eigenvalue weighted by Gasteiger charge is 2.13. The van der Waals surface area contributed by atoms with Crippen molar-refractivity contribution in [2.24, 2.45) is 0 Å². The molecule has 2 nitrogen and oxygen atoms in total. The van der Waals surface area contributed by atoms with E-state index in [-0.39, 0.29) is 11.6 Å². The fourth-order valence-electron chi connectivity index (χ4n) is 2.38. The number of hydrogen-bond acceptors (Lipinski definition) is 2. The van der Waals surface area contributed by atoms with Crippen LogP contribution in [0.2, 0.25) is 0 Å². The molecule has 0 heterocycles. The van der Waals surface area contributed by atoms with Gasteiger partial charge in [-0.05, 0) is 49.7 Å². The van der Waals surface area contributed by atoms with E-state index in [2.05, 4.69) is 24.3 Å². The Kier molecular flexibility index (Phi) is 4.68. The molecule has 2 aliphatic carbocycles. The van der Waals surface area contributed by atoms with Crippen molar-refractivity contribution in [1.82, 2.24) is 0 Å². The monoisotopic (exact) mass is 244 g/mol. The second-order valence-electron chi connectivity index (χ2n) is 5.08. The standard InChI is InChI=1S/C16H20O2/c17-15-7-3-1-5-13-9-11-14(12-10-13)6-2-4-8-16(15)18/h9-12H,1-8H2. The van der Waals surface area contributed by atoms with E-state index in [0.717, 1.165) is 38.5 Å². The van der Waals surface area contributed by atoms with Crippen LogP contribution in [0.15, 0.2) is 24.3 Å². The Hall–Kier alpha value is -1.44. The van der Waals surface area contributed by atoms with E-state index in [1.54, 1.807) is 0 Å². The average molecular weight is 244 g/mol. The third-order valence-electron chi connectivity index (χ3n) is 3.57. The van der Waals surface area contributed by atoms with Crippen molar-refractivity contribution in [3.63, 3.8) is 0 Å². The molecule has 0 spiro atoms. The predicted molar refractivity (Wildman–Crippen MR) is 71.6 cm³/mol. The molecule has 0 saturated heterocycles. The maximum Gasteiger partial charge on any atom is 0.198 e. The molecular weight excluding hydrogens is 224 g/mol. The van der Waals surface area contributed by atoms with Crippen LogP contribution in [0.5, 0.6) is 0 Å². The van der Waals surface area contributed by atoms with Crippen LogP contribution in [0.1, 0.15) is 49.7 Å². The third kappa shape index (κ3) is 3.80. The quantitative estimate of drug-likeness (QED) is 0.656. The Labute approximate surface area is 108 Å². The summed E-state index contributed by atoms with van der Waals surface area (Å²) in [5.74, 6) is -0.332. The average Bonchev–Trinajstić information content (AvgIpc) is 2.40. The summed E-state index contributed by atoms with van der Waals surface area (Å²) >= 11 is 0. The van der Waals surface area contributed by atoms with Crippen LogP contribution < -0.4 is 0 Å². The number of carbonyl (C=O) groups excluding carboxylic acids is 2. The van der Waals surface area contributed by atoms with Gasteiger partial charge in [0.1, 0.15) is 0 Å². The molecule has 1 aromatic rings. The molecule has 2 bridgehead atoms. The Morgan fingerprint density at radius 2 is 0.889 bits per heavy atom. The highest BCUT2D eigenvalue weighted by Crippen LogP contribution is 2.13. The Bertz CT molecular complexity index is 376. The van der Waals surface area contributed by atoms with Gasteiger partial charge < -0.3 is 0 Å². The normalized spacial score (nSPS) is 18.7. The van der Waals surface area contributed by atoms with Gasteiger partial charge in [0.15, 0.2) is 11.6 Å². The van der Waals surface area contributed by atoms with Gasteiger partial charge in [0.2, 0.25) is 0 Å². The molecule has 0 aliphatic heterocycles. The largest absolute Gasteiger partial charge is 0.291 e. The molecule has 3 rings (SSSR count). The number of carbonyl (C=O) groups is 2. The number of benzene rings is 1. The first-order valence-electron chi connectivity index (χ1n) is 6.89. The van der Waals surface area contributed by atoms with Crippen LogP contribution in [-0.2, 0) is 22.4 Å². The molecule has 18 heavy (non-hydrogen) atoms. The number of Topliss-reactive ketones (excluding diaryl/α,β-unsaturated/α-hetero) is 2. The van der Waals surface area contributed by atoms with Crippen molar-refractivity contribution in [2.75, 3.05) is 0 Å². The van der Waals surface area contributed by atoms with Crippen molar-refractivity contribution in [3.8, 4) is 0 Å². The molecule has 0 amide bonds. The molecule has 0 unspecified atom stereocenters. The van der Waals surface area contributed by atoms with Crippen molar-refractivity contribution < 1.29 is 9.59 Å². The highest BCUT2D eigenvalue weighted by atomic mass is 16.2. The summed E-state index contributed by atoms with van der Waals surface area (Å²) in [6, 6.07) is 8.75. The van der Waals surface area contributed by atoms with Gasteiger partial charge in [0.25, 0.3) is 0 Å². The fraction of sp³-hybridized carbons (Fsp3) is 0.500. The summed E-state index contributed by atoms with van der Waals surface area (Å²) in [5, 5.41) is 0. The zero-order chi connectivity index (χ0) is 12.8. The van der Waals surface area contributed by atoms with Gasteiger partial charge in [0.05, 0.1) is 0 Å². The van der Waals surface area contributed by atoms with Crippen molar-refractivity contribution >= 4 is 11.6 Å². The number of rotatable bonds is 0. The molecule has 0 aromatic heterocycles. The number of hydrogen-bond donors (Lipinski definition) is 0. The molecule has 1 aromatic carbocycles. The van der Waals surface area contributed by atoms with E-state index >= 15 is 0 Å². The lowest BCUT2D eigenvalue weighted by Gasteiger charge is -2.06. The third-order valence-corrected chi connectivity index (χ3v) is 3.57. The van der Waals surface area contributed by atoms with E-state index in [1.165, 1.54) is 11.1 Å². The van der Waals surface area contributed by atoms with Gasteiger partial charge in [-0.25, -0.2) is 0 Å². The first-order chi connectivity index (χ1) is 8.75. The van der Waals surface area contributed by atoms with E-state index in [1.807, 2.05) is 0 Å². The van der Waals surface area contributed by atoms with Crippen LogP contribution in [-0.4, -0.2) is 11.6 Å². The highest BCUT2D eigenvalue weighted by molar-refractivity contribution is 6.37. The van der Waals surface area contributed by atoms with Crippen LogP contribution in [0.25, 0.3) is 0 Å². The van der Waals surface area contributed by atoms with Gasteiger partial charge in [-0.3, -0.25) is 9.59 Å². The topological polar surface area (TPSA) is 34.1 Å². The van der Waals surface area contributed by atoms with Crippen LogP contribution >= 0.6 is 0 Å². The maximum absolute atomic E-state index is 11.6. The van der Waals surface area contributed by atoms with Gasteiger partial charge >= 0.3 is 0 Å². The van der Waals surface area contributed by atoms with E-state index in [0.29, 0.717) is 12.8 Å². The minimum absolute atomic E-state index is 0.166. The van der Waals surface area contributed by atoms with Crippen molar-refractivity contribution in [2.45, 2.75) is 51.4 Å². The van der Waals surface area contributed by atoms with E-state index in [4.69, 9.17) is 0 Å². The first kappa shape index (κ1) is 13.0. The summed E-state index contributed by atoms with van der Waals surface area (Å²) in [5.41, 5.74) is 2.66. The number of aryl methyl sites for hydroxylation is 2. The summed E-state index contributed by atoms with van der Waals surface area (Å²) in [6.07, 6.45) is 6.48. The van der Waals surface area contributed by atoms with Gasteiger partial charge in [-0.2, -0.15) is 0 Å². The lowest BCUT2D eigenvalue weighted by molar-refractivity contribution is -0.136. The predicted octanol–water partition coefficient (Wildman–Crippen LogP) is 3.26. The van der Waals surface area contributed by atoms with Crippen LogP contribution in [0.4, 0.5) is 0 Å². The molecular formula is C16H20O2.